The lowest BCUT2D eigenvalue weighted by molar-refractivity contribution is -0.137. The smallest absolute Gasteiger partial charge is 0.369 e. The number of carbonyl (C=O) groups is 1. The second-order valence-electron chi connectivity index (χ2n) is 9.78. The van der Waals surface area contributed by atoms with E-state index in [-0.39, 0.29) is 11.7 Å². The van der Waals surface area contributed by atoms with E-state index in [4.69, 9.17) is 4.98 Å². The summed E-state index contributed by atoms with van der Waals surface area (Å²) in [5.41, 5.74) is 2.13. The van der Waals surface area contributed by atoms with Gasteiger partial charge in [0.1, 0.15) is 11.3 Å². The predicted octanol–water partition coefficient (Wildman–Crippen LogP) is 6.22. The molecule has 0 aliphatic carbocycles. The van der Waals surface area contributed by atoms with Gasteiger partial charge in [-0.15, -0.1) is 0 Å². The van der Waals surface area contributed by atoms with Gasteiger partial charge in [-0.25, -0.2) is 4.98 Å². The van der Waals surface area contributed by atoms with Crippen LogP contribution in [0.25, 0.3) is 11.0 Å². The van der Waals surface area contributed by atoms with Crippen LogP contribution in [0.15, 0.2) is 60.8 Å². The summed E-state index contributed by atoms with van der Waals surface area (Å²) < 4.78 is 41.4. The number of rotatable bonds is 8. The topological polar surface area (TPSA) is 87.1 Å². The number of hydrogen-bond donors (Lipinski definition) is 3. The highest BCUT2D eigenvalue weighted by atomic mass is 19.4. The Hall–Kier alpha value is -4.12. The molecule has 0 radical (unpaired) electrons. The first-order valence-electron chi connectivity index (χ1n) is 13.5. The average Bonchev–Trinajstić information content (AvgIpc) is 3.33. The zero-order valence-electron chi connectivity index (χ0n) is 22.4. The van der Waals surface area contributed by atoms with Gasteiger partial charge in [0.2, 0.25) is 5.95 Å². The number of nitrogens with one attached hydrogen (secondary N) is 3. The summed E-state index contributed by atoms with van der Waals surface area (Å²) in [6, 6.07) is 14.4. The van der Waals surface area contributed by atoms with Gasteiger partial charge in [-0.3, -0.25) is 4.79 Å². The van der Waals surface area contributed by atoms with Crippen molar-refractivity contribution in [3.05, 3.63) is 72.1 Å². The van der Waals surface area contributed by atoms with Crippen LogP contribution in [0, 0.1) is 0 Å². The van der Waals surface area contributed by atoms with Crippen molar-refractivity contribution in [2.75, 3.05) is 41.7 Å². The summed E-state index contributed by atoms with van der Waals surface area (Å²) in [7, 11) is 0. The molecule has 2 aromatic heterocycles. The Labute approximate surface area is 230 Å². The lowest BCUT2D eigenvalue weighted by atomic mass is 10.1. The zero-order chi connectivity index (χ0) is 28.3. The summed E-state index contributed by atoms with van der Waals surface area (Å²) in [6.07, 6.45) is -1.37. The summed E-state index contributed by atoms with van der Waals surface area (Å²) in [5.74, 6) is -0.125. The van der Waals surface area contributed by atoms with Gasteiger partial charge in [0.15, 0.2) is 0 Å². The largest absolute Gasteiger partial charge is 0.416 e. The molecule has 5 rings (SSSR count). The number of amides is 1. The van der Waals surface area contributed by atoms with Crippen molar-refractivity contribution in [3.63, 3.8) is 0 Å². The predicted molar refractivity (Wildman–Crippen MR) is 151 cm³/mol. The van der Waals surface area contributed by atoms with Gasteiger partial charge in [-0.2, -0.15) is 18.2 Å². The molecule has 0 atom stereocenters. The van der Waals surface area contributed by atoms with Gasteiger partial charge >= 0.3 is 6.18 Å². The molecule has 40 heavy (non-hydrogen) atoms. The number of aromatic nitrogens is 3. The number of anilines is 4. The van der Waals surface area contributed by atoms with Crippen LogP contribution >= 0.6 is 0 Å². The quantitative estimate of drug-likeness (QED) is 0.241. The molecular weight excluding hydrogens is 519 g/mol. The normalized spacial score (nSPS) is 14.1. The SMILES string of the molecule is CCC(CC)n1c(C(=O)Nc2cccc(C(F)(F)F)c2)cc2cnc(Nc3ccc(N4CCNCC4)cc3)nc21. The Bertz CT molecular complexity index is 1470. The fourth-order valence-electron chi connectivity index (χ4n) is 5.04. The fraction of sp³-hybridized carbons (Fsp3) is 0.345. The number of alkyl halides is 3. The first kappa shape index (κ1) is 27.4. The molecule has 11 heteroatoms. The minimum Gasteiger partial charge on any atom is -0.369 e. The molecule has 1 fully saturated rings. The van der Waals surface area contributed by atoms with E-state index in [0.717, 1.165) is 62.5 Å². The van der Waals surface area contributed by atoms with E-state index < -0.39 is 17.6 Å². The van der Waals surface area contributed by atoms with Gasteiger partial charge in [-0.1, -0.05) is 19.9 Å². The summed E-state index contributed by atoms with van der Waals surface area (Å²) >= 11 is 0. The standard InChI is InChI=1S/C29H32F3N7O/c1-3-23(4-2)39-25(27(40)35-22-7-5-6-20(17-22)29(30,31)32)16-19-18-34-28(37-26(19)39)36-21-8-10-24(11-9-21)38-14-12-33-13-15-38/h5-11,16-18,23,33H,3-4,12-15H2,1-2H3,(H,35,40)(H,34,36,37). The van der Waals surface area contributed by atoms with Crippen LogP contribution in [0.5, 0.6) is 0 Å². The highest BCUT2D eigenvalue weighted by Gasteiger charge is 2.31. The Morgan fingerprint density at radius 1 is 1.02 bits per heavy atom. The lowest BCUT2D eigenvalue weighted by Gasteiger charge is -2.29. The maximum Gasteiger partial charge on any atom is 0.416 e. The van der Waals surface area contributed by atoms with Gasteiger partial charge in [0.25, 0.3) is 5.91 Å². The van der Waals surface area contributed by atoms with E-state index in [1.807, 2.05) is 30.5 Å². The third-order valence-corrected chi connectivity index (χ3v) is 7.17. The Balaban J connectivity index is 1.43. The van der Waals surface area contributed by atoms with Crippen molar-refractivity contribution in [3.8, 4) is 0 Å². The molecule has 0 bridgehead atoms. The molecule has 1 amide bonds. The molecule has 1 aliphatic rings. The number of fused-ring (bicyclic) bond motifs is 1. The monoisotopic (exact) mass is 551 g/mol. The number of hydrogen-bond acceptors (Lipinski definition) is 6. The van der Waals surface area contributed by atoms with Crippen molar-refractivity contribution < 1.29 is 18.0 Å². The van der Waals surface area contributed by atoms with Gasteiger partial charge in [0, 0.05) is 60.9 Å². The van der Waals surface area contributed by atoms with Crippen molar-refractivity contribution in [2.45, 2.75) is 38.9 Å². The van der Waals surface area contributed by atoms with Crippen molar-refractivity contribution in [1.82, 2.24) is 19.9 Å². The second-order valence-corrected chi connectivity index (χ2v) is 9.78. The number of benzene rings is 2. The molecule has 210 valence electrons. The van der Waals surface area contributed by atoms with Crippen LogP contribution in [-0.2, 0) is 6.18 Å². The molecule has 8 nitrogen and oxygen atoms in total. The summed E-state index contributed by atoms with van der Waals surface area (Å²) in [5, 5.41) is 9.90. The van der Waals surface area contributed by atoms with Crippen molar-refractivity contribution in [2.24, 2.45) is 0 Å². The number of piperazine rings is 1. The molecule has 3 N–H and O–H groups in total. The van der Waals surface area contributed by atoms with Crippen molar-refractivity contribution >= 4 is 40.0 Å². The number of halogens is 3. The van der Waals surface area contributed by atoms with Gasteiger partial charge < -0.3 is 25.4 Å². The molecule has 3 heterocycles. The van der Waals surface area contributed by atoms with Crippen LogP contribution in [0.3, 0.4) is 0 Å². The highest BCUT2D eigenvalue weighted by molar-refractivity contribution is 6.06. The van der Waals surface area contributed by atoms with E-state index in [1.165, 1.54) is 12.1 Å². The molecule has 4 aromatic rings. The van der Waals surface area contributed by atoms with E-state index >= 15 is 0 Å². The maximum atomic E-state index is 13.4. The van der Waals surface area contributed by atoms with Gasteiger partial charge in [-0.05, 0) is 61.4 Å². The Morgan fingerprint density at radius 3 is 2.42 bits per heavy atom. The molecular formula is C29H32F3N7O. The van der Waals surface area contributed by atoms with Crippen LogP contribution in [-0.4, -0.2) is 46.6 Å². The zero-order valence-corrected chi connectivity index (χ0v) is 22.4. The van der Waals surface area contributed by atoms with E-state index in [9.17, 15) is 18.0 Å². The number of carbonyl (C=O) groups excluding carboxylic acids is 1. The van der Waals surface area contributed by atoms with Crippen LogP contribution in [0.4, 0.5) is 36.2 Å². The molecule has 0 saturated carbocycles. The maximum absolute atomic E-state index is 13.4. The minimum absolute atomic E-state index is 0.0409. The fourth-order valence-corrected chi connectivity index (χ4v) is 5.04. The molecule has 0 spiro atoms. The van der Waals surface area contributed by atoms with E-state index in [1.54, 1.807) is 12.3 Å². The van der Waals surface area contributed by atoms with E-state index in [0.29, 0.717) is 22.7 Å². The molecule has 1 saturated heterocycles. The number of nitrogens with zero attached hydrogens (tertiary/aromatic N) is 4. The third-order valence-electron chi connectivity index (χ3n) is 7.17. The minimum atomic E-state index is -4.50. The van der Waals surface area contributed by atoms with Crippen LogP contribution in [0.2, 0.25) is 0 Å². The average molecular weight is 552 g/mol. The van der Waals surface area contributed by atoms with Crippen LogP contribution in [0.1, 0.15) is 48.8 Å². The first-order chi connectivity index (χ1) is 19.3. The van der Waals surface area contributed by atoms with E-state index in [2.05, 4.69) is 38.0 Å². The highest BCUT2D eigenvalue weighted by Crippen LogP contribution is 2.32. The lowest BCUT2D eigenvalue weighted by Crippen LogP contribution is -2.43. The second kappa shape index (κ2) is 11.5. The first-order valence-corrected chi connectivity index (χ1v) is 13.5. The Kier molecular flexibility index (Phi) is 7.92. The van der Waals surface area contributed by atoms with Gasteiger partial charge in [0.05, 0.1) is 5.56 Å². The molecule has 2 aromatic carbocycles. The Morgan fingerprint density at radius 2 is 1.75 bits per heavy atom. The van der Waals surface area contributed by atoms with Crippen molar-refractivity contribution in [1.29, 1.82) is 0 Å². The van der Waals surface area contributed by atoms with Crippen LogP contribution < -0.4 is 20.9 Å². The molecule has 1 aliphatic heterocycles. The summed E-state index contributed by atoms with van der Waals surface area (Å²) in [6.45, 7) is 7.89. The summed E-state index contributed by atoms with van der Waals surface area (Å²) in [4.78, 5) is 24.9. The molecule has 0 unspecified atom stereocenters. The third kappa shape index (κ3) is 5.89.